The fourth-order valence-corrected chi connectivity index (χ4v) is 4.63. The van der Waals surface area contributed by atoms with Crippen LogP contribution in [-0.2, 0) is 0 Å². The lowest BCUT2D eigenvalue weighted by atomic mass is 9.93. The standard InChI is InChI=1S/C29H26N2S/c1-20-9-18-28-24(19-20)13-17-26(31-28)16-12-23-7-4-6-22(29(23)32)11-15-25-14-10-21-5-2-3-8-27(21)30-25/h2-3,5,8-13,15-19,32H,4,6-7,14H2,1H3/b16-12+,22-11+,25-15+. The summed E-state index contributed by atoms with van der Waals surface area (Å²) in [5, 5.41) is 3.45. The fourth-order valence-electron chi connectivity index (χ4n) is 4.26. The first kappa shape index (κ1) is 20.7. The summed E-state index contributed by atoms with van der Waals surface area (Å²) in [6.07, 6.45) is 15.0. The molecule has 158 valence electrons. The van der Waals surface area contributed by atoms with Crippen LogP contribution in [0.4, 0.5) is 0 Å². The third-order valence-corrected chi connectivity index (χ3v) is 6.61. The van der Waals surface area contributed by atoms with Crippen LogP contribution in [-0.4, -0.2) is 4.98 Å². The smallest absolute Gasteiger partial charge is 0.0709 e. The van der Waals surface area contributed by atoms with Gasteiger partial charge in [0.2, 0.25) is 0 Å². The highest BCUT2D eigenvalue weighted by Crippen LogP contribution is 2.33. The number of para-hydroxylation sites is 1. The third-order valence-electron chi connectivity index (χ3n) is 6.03. The second-order valence-corrected chi connectivity index (χ2v) is 8.87. The Kier molecular flexibility index (Phi) is 5.91. The summed E-state index contributed by atoms with van der Waals surface area (Å²) in [6, 6.07) is 18.9. The monoisotopic (exact) mass is 434 g/mol. The summed E-state index contributed by atoms with van der Waals surface area (Å²) in [7, 11) is 0. The van der Waals surface area contributed by atoms with Crippen LogP contribution < -0.4 is 10.6 Å². The highest BCUT2D eigenvalue weighted by molar-refractivity contribution is 7.84. The van der Waals surface area contributed by atoms with Gasteiger partial charge in [-0.15, -0.1) is 12.6 Å². The Morgan fingerprint density at radius 3 is 2.78 bits per heavy atom. The van der Waals surface area contributed by atoms with E-state index in [9.17, 15) is 0 Å². The molecule has 0 unspecified atom stereocenters. The predicted molar refractivity (Wildman–Crippen MR) is 138 cm³/mol. The van der Waals surface area contributed by atoms with E-state index < -0.39 is 0 Å². The Hall–Kier alpha value is -3.17. The Morgan fingerprint density at radius 2 is 1.84 bits per heavy atom. The number of hydrogen-bond donors (Lipinski definition) is 1. The molecule has 2 aliphatic rings. The van der Waals surface area contributed by atoms with Crippen molar-refractivity contribution in [2.45, 2.75) is 32.6 Å². The zero-order valence-electron chi connectivity index (χ0n) is 18.3. The molecule has 0 radical (unpaired) electrons. The van der Waals surface area contributed by atoms with Crippen molar-refractivity contribution in [1.82, 2.24) is 4.98 Å². The number of rotatable bonds is 3. The molecule has 0 amide bonds. The van der Waals surface area contributed by atoms with Crippen LogP contribution in [0.5, 0.6) is 0 Å². The SMILES string of the molecule is Cc1ccc2nc(/C=C/C3=C(S)C(=C/C=C4\CC=c5ccccc5=N4)/CCC3)ccc2c1. The molecule has 0 bridgehead atoms. The van der Waals surface area contributed by atoms with Crippen LogP contribution in [0.2, 0.25) is 0 Å². The molecular weight excluding hydrogens is 408 g/mol. The lowest BCUT2D eigenvalue weighted by Gasteiger charge is -2.17. The summed E-state index contributed by atoms with van der Waals surface area (Å²) < 4.78 is 0. The van der Waals surface area contributed by atoms with Crippen LogP contribution in [0, 0.1) is 6.92 Å². The molecule has 1 aliphatic carbocycles. The second-order valence-electron chi connectivity index (χ2n) is 8.42. The van der Waals surface area contributed by atoms with Gasteiger partial charge in [0, 0.05) is 22.4 Å². The van der Waals surface area contributed by atoms with Gasteiger partial charge in [0.25, 0.3) is 0 Å². The minimum Gasteiger partial charge on any atom is -0.253 e. The zero-order chi connectivity index (χ0) is 21.9. The molecule has 0 fully saturated rings. The van der Waals surface area contributed by atoms with E-state index in [2.05, 4.69) is 85.8 Å². The number of aromatic nitrogens is 1. The normalized spacial score (nSPS) is 18.8. The van der Waals surface area contributed by atoms with E-state index in [0.717, 1.165) is 52.9 Å². The van der Waals surface area contributed by atoms with Gasteiger partial charge in [-0.3, -0.25) is 4.99 Å². The average Bonchev–Trinajstić information content (AvgIpc) is 2.82. The topological polar surface area (TPSA) is 25.2 Å². The highest BCUT2D eigenvalue weighted by atomic mass is 32.1. The maximum atomic E-state index is 4.88. The van der Waals surface area contributed by atoms with Crippen molar-refractivity contribution in [3.05, 3.63) is 116 Å². The average molecular weight is 435 g/mol. The van der Waals surface area contributed by atoms with Gasteiger partial charge in [-0.2, -0.15) is 0 Å². The maximum Gasteiger partial charge on any atom is 0.0709 e. The number of nitrogens with zero attached hydrogens (tertiary/aromatic N) is 2. The number of hydrogen-bond acceptors (Lipinski definition) is 3. The molecule has 1 aliphatic heterocycles. The number of aryl methyl sites for hydroxylation is 1. The van der Waals surface area contributed by atoms with E-state index >= 15 is 0 Å². The molecular formula is C29H26N2S. The maximum absolute atomic E-state index is 4.88. The largest absolute Gasteiger partial charge is 0.253 e. The van der Waals surface area contributed by atoms with Crippen molar-refractivity contribution < 1.29 is 0 Å². The van der Waals surface area contributed by atoms with E-state index in [-0.39, 0.29) is 0 Å². The fraction of sp³-hybridized carbons (Fsp3) is 0.172. The van der Waals surface area contributed by atoms with E-state index in [1.807, 2.05) is 6.07 Å². The van der Waals surface area contributed by atoms with E-state index in [0.29, 0.717) is 0 Å². The molecule has 32 heavy (non-hydrogen) atoms. The number of benzene rings is 2. The van der Waals surface area contributed by atoms with Gasteiger partial charge in [-0.05, 0) is 79.0 Å². The molecule has 2 nitrogen and oxygen atoms in total. The summed E-state index contributed by atoms with van der Waals surface area (Å²) in [5.41, 5.74) is 6.91. The molecule has 1 aromatic heterocycles. The number of allylic oxidation sites excluding steroid dienone is 6. The quantitative estimate of drug-likeness (QED) is 0.485. The van der Waals surface area contributed by atoms with Crippen LogP contribution >= 0.6 is 12.6 Å². The Bertz CT molecular complexity index is 1440. The number of fused-ring (bicyclic) bond motifs is 2. The molecule has 0 saturated carbocycles. The van der Waals surface area contributed by atoms with Crippen LogP contribution in [0.25, 0.3) is 23.1 Å². The lowest BCUT2D eigenvalue weighted by Crippen LogP contribution is -2.26. The van der Waals surface area contributed by atoms with Gasteiger partial charge in [0.05, 0.1) is 16.6 Å². The molecule has 5 rings (SSSR count). The lowest BCUT2D eigenvalue weighted by molar-refractivity contribution is 0.794. The van der Waals surface area contributed by atoms with Gasteiger partial charge in [-0.1, -0.05) is 54.1 Å². The highest BCUT2D eigenvalue weighted by Gasteiger charge is 2.13. The first-order valence-corrected chi connectivity index (χ1v) is 11.6. The van der Waals surface area contributed by atoms with Crippen molar-refractivity contribution in [3.63, 3.8) is 0 Å². The van der Waals surface area contributed by atoms with Gasteiger partial charge >= 0.3 is 0 Å². The van der Waals surface area contributed by atoms with Gasteiger partial charge in [0.1, 0.15) is 0 Å². The van der Waals surface area contributed by atoms with Crippen molar-refractivity contribution in [2.24, 2.45) is 4.99 Å². The summed E-state index contributed by atoms with van der Waals surface area (Å²) in [6.45, 7) is 2.11. The molecule has 2 aromatic carbocycles. The van der Waals surface area contributed by atoms with Crippen molar-refractivity contribution in [2.75, 3.05) is 0 Å². The van der Waals surface area contributed by atoms with E-state index in [4.69, 9.17) is 22.6 Å². The van der Waals surface area contributed by atoms with Gasteiger partial charge in [0.15, 0.2) is 0 Å². The Morgan fingerprint density at radius 1 is 0.938 bits per heavy atom. The summed E-state index contributed by atoms with van der Waals surface area (Å²) >= 11 is 4.88. The predicted octanol–water partition coefficient (Wildman–Crippen LogP) is 6.24. The second kappa shape index (κ2) is 9.13. The minimum absolute atomic E-state index is 0.867. The number of thiol groups is 1. The van der Waals surface area contributed by atoms with Crippen molar-refractivity contribution >= 4 is 35.7 Å². The molecule has 2 heterocycles. The summed E-state index contributed by atoms with van der Waals surface area (Å²) in [4.78, 5) is 10.7. The number of pyridine rings is 1. The zero-order valence-corrected chi connectivity index (χ0v) is 19.1. The van der Waals surface area contributed by atoms with Crippen molar-refractivity contribution in [1.29, 1.82) is 0 Å². The molecule has 0 N–H and O–H groups in total. The van der Waals surface area contributed by atoms with Gasteiger partial charge < -0.3 is 0 Å². The molecule has 3 heteroatoms. The third kappa shape index (κ3) is 4.53. The van der Waals surface area contributed by atoms with E-state index in [1.54, 1.807) is 0 Å². The molecule has 0 atom stereocenters. The molecule has 0 spiro atoms. The van der Waals surface area contributed by atoms with Crippen molar-refractivity contribution in [3.8, 4) is 0 Å². The summed E-state index contributed by atoms with van der Waals surface area (Å²) in [5.74, 6) is 0. The first-order chi connectivity index (χ1) is 15.7. The van der Waals surface area contributed by atoms with Crippen LogP contribution in [0.15, 0.2) is 99.6 Å². The van der Waals surface area contributed by atoms with Crippen LogP contribution in [0.3, 0.4) is 0 Å². The Balaban J connectivity index is 1.39. The van der Waals surface area contributed by atoms with E-state index in [1.165, 1.54) is 27.3 Å². The minimum atomic E-state index is 0.867. The molecule has 0 saturated heterocycles. The molecule has 3 aromatic rings. The Labute approximate surface area is 194 Å². The van der Waals surface area contributed by atoms with Crippen LogP contribution in [0.1, 0.15) is 36.9 Å². The first-order valence-electron chi connectivity index (χ1n) is 11.2. The van der Waals surface area contributed by atoms with Gasteiger partial charge in [-0.25, -0.2) is 4.98 Å².